The second-order valence-corrected chi connectivity index (χ2v) is 7.44. The summed E-state index contributed by atoms with van der Waals surface area (Å²) in [6, 6.07) is 5.43. The molecule has 0 spiro atoms. The summed E-state index contributed by atoms with van der Waals surface area (Å²) in [4.78, 5) is 0. The van der Waals surface area contributed by atoms with Gasteiger partial charge in [0.1, 0.15) is 0 Å². The molecule has 0 aliphatic heterocycles. The molecule has 0 rings (SSSR count). The van der Waals surface area contributed by atoms with E-state index >= 15 is 0 Å². The molecule has 0 saturated carbocycles. The Kier molecular flexibility index (Phi) is 5.17. The number of hydrogen-bond donors (Lipinski definition) is 0. The predicted molar refractivity (Wildman–Crippen MR) is 48.8 cm³/mol. The monoisotopic (exact) mass is 171 g/mol. The van der Waals surface area contributed by atoms with Crippen molar-refractivity contribution >= 4 is 8.32 Å². The maximum Gasteiger partial charge on any atom is 0.192 e. The Labute approximate surface area is 70.3 Å². The van der Waals surface area contributed by atoms with Crippen molar-refractivity contribution < 1.29 is 4.43 Å². The highest BCUT2D eigenvalue weighted by molar-refractivity contribution is 6.73. The van der Waals surface area contributed by atoms with Crippen LogP contribution in [-0.4, -0.2) is 15.4 Å². The molecule has 64 valence electrons. The Hall–Kier alpha value is -0.333. The molecule has 11 heavy (non-hydrogen) atoms. The van der Waals surface area contributed by atoms with Gasteiger partial charge in [-0.3, -0.25) is 0 Å². The third-order valence-electron chi connectivity index (χ3n) is 2.41. The summed E-state index contributed by atoms with van der Waals surface area (Å²) in [6.45, 7) is 4.33. The van der Waals surface area contributed by atoms with E-state index in [0.717, 1.165) is 18.1 Å². The highest BCUT2D eigenvalue weighted by atomic mass is 28.4. The highest BCUT2D eigenvalue weighted by Crippen LogP contribution is 2.22. The number of rotatable bonds is 5. The van der Waals surface area contributed by atoms with Crippen molar-refractivity contribution in [3.63, 3.8) is 0 Å². The Balaban J connectivity index is 3.96. The Morgan fingerprint density at radius 1 is 1.36 bits per heavy atom. The van der Waals surface area contributed by atoms with Crippen LogP contribution in [0, 0.1) is 11.3 Å². The molecule has 0 unspecified atom stereocenters. The van der Waals surface area contributed by atoms with E-state index in [2.05, 4.69) is 19.9 Å². The van der Waals surface area contributed by atoms with E-state index in [9.17, 15) is 0 Å². The summed E-state index contributed by atoms with van der Waals surface area (Å²) >= 11 is 0. The van der Waals surface area contributed by atoms with Gasteiger partial charge in [0.15, 0.2) is 8.32 Å². The van der Waals surface area contributed by atoms with Gasteiger partial charge in [0, 0.05) is 13.5 Å². The fraction of sp³-hybridized carbons (Fsp3) is 0.875. The average molecular weight is 171 g/mol. The maximum atomic E-state index is 8.43. The van der Waals surface area contributed by atoms with E-state index in [1.54, 1.807) is 7.11 Å². The first kappa shape index (κ1) is 10.7. The fourth-order valence-electron chi connectivity index (χ4n) is 1.28. The molecule has 0 aliphatic rings. The molecular weight excluding hydrogens is 154 g/mol. The summed E-state index contributed by atoms with van der Waals surface area (Å²) < 4.78 is 5.53. The molecule has 0 bridgehead atoms. The van der Waals surface area contributed by atoms with Crippen molar-refractivity contribution in [2.24, 2.45) is 0 Å². The minimum Gasteiger partial charge on any atom is -0.420 e. The first-order valence-corrected chi connectivity index (χ1v) is 6.69. The Morgan fingerprint density at radius 2 is 1.91 bits per heavy atom. The SMILES string of the molecule is CC[Si](CC)(CCC#N)OC. The first-order chi connectivity index (χ1) is 5.24. The van der Waals surface area contributed by atoms with Gasteiger partial charge in [0.05, 0.1) is 6.07 Å². The molecule has 0 heterocycles. The van der Waals surface area contributed by atoms with Crippen LogP contribution in [0.5, 0.6) is 0 Å². The van der Waals surface area contributed by atoms with Gasteiger partial charge in [-0.05, 0) is 18.1 Å². The number of nitrogens with zero attached hydrogens (tertiary/aromatic N) is 1. The largest absolute Gasteiger partial charge is 0.420 e. The van der Waals surface area contributed by atoms with Gasteiger partial charge in [-0.15, -0.1) is 0 Å². The van der Waals surface area contributed by atoms with Gasteiger partial charge in [-0.25, -0.2) is 0 Å². The second-order valence-electron chi connectivity index (χ2n) is 2.75. The van der Waals surface area contributed by atoms with Crippen molar-refractivity contribution in [3.05, 3.63) is 0 Å². The van der Waals surface area contributed by atoms with Gasteiger partial charge in [-0.1, -0.05) is 13.8 Å². The number of nitriles is 1. The van der Waals surface area contributed by atoms with Crippen molar-refractivity contribution in [1.82, 2.24) is 0 Å². The Morgan fingerprint density at radius 3 is 2.18 bits per heavy atom. The summed E-state index contributed by atoms with van der Waals surface area (Å²) in [5.74, 6) is 0. The summed E-state index contributed by atoms with van der Waals surface area (Å²) in [5.41, 5.74) is 0. The fourth-order valence-corrected chi connectivity index (χ4v) is 3.83. The first-order valence-electron chi connectivity index (χ1n) is 4.16. The molecule has 2 nitrogen and oxygen atoms in total. The Bertz CT molecular complexity index is 129. The van der Waals surface area contributed by atoms with E-state index in [1.807, 2.05) is 0 Å². The molecule has 0 N–H and O–H groups in total. The predicted octanol–water partition coefficient (Wildman–Crippen LogP) is 2.53. The standard InChI is InChI=1S/C8H17NOSi/c1-4-11(5-2,10-3)8-6-7-9/h4-6,8H2,1-3H3. The molecule has 0 aromatic heterocycles. The molecule has 0 fully saturated rings. The zero-order valence-electron chi connectivity index (χ0n) is 7.68. The molecule has 0 saturated heterocycles. The van der Waals surface area contributed by atoms with Crippen molar-refractivity contribution in [2.45, 2.75) is 38.4 Å². The molecule has 0 atom stereocenters. The number of hydrogen-bond acceptors (Lipinski definition) is 2. The van der Waals surface area contributed by atoms with Gasteiger partial charge in [0.2, 0.25) is 0 Å². The topological polar surface area (TPSA) is 33.0 Å². The molecule has 0 aromatic rings. The van der Waals surface area contributed by atoms with Crippen LogP contribution in [0.1, 0.15) is 20.3 Å². The molecule has 0 aliphatic carbocycles. The van der Waals surface area contributed by atoms with E-state index < -0.39 is 8.32 Å². The van der Waals surface area contributed by atoms with Gasteiger partial charge < -0.3 is 4.43 Å². The van der Waals surface area contributed by atoms with Gasteiger partial charge >= 0.3 is 0 Å². The van der Waals surface area contributed by atoms with E-state index in [4.69, 9.17) is 9.69 Å². The van der Waals surface area contributed by atoms with E-state index in [0.29, 0.717) is 6.42 Å². The van der Waals surface area contributed by atoms with Crippen LogP contribution in [-0.2, 0) is 4.43 Å². The van der Waals surface area contributed by atoms with Crippen LogP contribution >= 0.6 is 0 Å². The highest BCUT2D eigenvalue weighted by Gasteiger charge is 2.28. The maximum absolute atomic E-state index is 8.43. The zero-order chi connectivity index (χ0) is 8.74. The van der Waals surface area contributed by atoms with E-state index in [1.165, 1.54) is 0 Å². The minimum atomic E-state index is -1.46. The van der Waals surface area contributed by atoms with Crippen LogP contribution in [0.2, 0.25) is 18.1 Å². The van der Waals surface area contributed by atoms with E-state index in [-0.39, 0.29) is 0 Å². The minimum absolute atomic E-state index is 0.655. The lowest BCUT2D eigenvalue weighted by Crippen LogP contribution is -2.34. The average Bonchev–Trinajstić information content (AvgIpc) is 2.08. The third-order valence-corrected chi connectivity index (χ3v) is 7.02. The van der Waals surface area contributed by atoms with Gasteiger partial charge in [-0.2, -0.15) is 5.26 Å². The van der Waals surface area contributed by atoms with Crippen LogP contribution in [0.3, 0.4) is 0 Å². The third kappa shape index (κ3) is 3.04. The van der Waals surface area contributed by atoms with Crippen LogP contribution < -0.4 is 0 Å². The van der Waals surface area contributed by atoms with Crippen molar-refractivity contribution in [1.29, 1.82) is 5.26 Å². The van der Waals surface area contributed by atoms with Crippen LogP contribution in [0.4, 0.5) is 0 Å². The summed E-state index contributed by atoms with van der Waals surface area (Å²) in [7, 11) is 0.327. The van der Waals surface area contributed by atoms with Crippen LogP contribution in [0.25, 0.3) is 0 Å². The van der Waals surface area contributed by atoms with Crippen molar-refractivity contribution in [3.8, 4) is 6.07 Å². The zero-order valence-corrected chi connectivity index (χ0v) is 8.68. The molecule has 3 heteroatoms. The molecule has 0 radical (unpaired) electrons. The lowest BCUT2D eigenvalue weighted by atomic mass is 10.6. The normalized spacial score (nSPS) is 11.1. The summed E-state index contributed by atoms with van der Waals surface area (Å²) in [5, 5.41) is 8.43. The smallest absolute Gasteiger partial charge is 0.192 e. The lowest BCUT2D eigenvalue weighted by Gasteiger charge is -2.25. The van der Waals surface area contributed by atoms with Crippen molar-refractivity contribution in [2.75, 3.05) is 7.11 Å². The quantitative estimate of drug-likeness (QED) is 0.595. The second kappa shape index (κ2) is 5.33. The molecular formula is C8H17NOSi. The molecule has 0 aromatic carbocycles. The van der Waals surface area contributed by atoms with Gasteiger partial charge in [0.25, 0.3) is 0 Å². The summed E-state index contributed by atoms with van der Waals surface area (Å²) in [6.07, 6.45) is 0.655. The van der Waals surface area contributed by atoms with Crippen LogP contribution in [0.15, 0.2) is 0 Å². The molecule has 0 amide bonds. The lowest BCUT2D eigenvalue weighted by molar-refractivity contribution is 0.392.